The Labute approximate surface area is 98.4 Å². The van der Waals surface area contributed by atoms with Gasteiger partial charge in [-0.3, -0.25) is 0 Å². The van der Waals surface area contributed by atoms with Gasteiger partial charge in [-0.05, 0) is 0 Å². The predicted octanol–water partition coefficient (Wildman–Crippen LogP) is 2.06. The van der Waals surface area contributed by atoms with Gasteiger partial charge in [0.1, 0.15) is 17.0 Å². The molecule has 18 heavy (non-hydrogen) atoms. The molecule has 0 aliphatic carbocycles. The number of ether oxygens (including phenoxy) is 1. The first-order valence-corrected chi connectivity index (χ1v) is 4.71. The van der Waals surface area contributed by atoms with Crippen LogP contribution in [0.15, 0.2) is 18.3 Å². The summed E-state index contributed by atoms with van der Waals surface area (Å²) in [5.74, 6) is -1.44. The molecule has 0 saturated heterocycles. The molecule has 0 saturated carbocycles. The molecular formula is C10H7F3N2O3. The van der Waals surface area contributed by atoms with Crippen LogP contribution in [-0.4, -0.2) is 27.8 Å². The van der Waals surface area contributed by atoms with E-state index in [4.69, 9.17) is 9.84 Å². The van der Waals surface area contributed by atoms with Crippen LogP contribution in [0.3, 0.4) is 0 Å². The molecule has 2 aromatic heterocycles. The van der Waals surface area contributed by atoms with E-state index < -0.39 is 17.8 Å². The summed E-state index contributed by atoms with van der Waals surface area (Å²) >= 11 is 0. The van der Waals surface area contributed by atoms with E-state index in [9.17, 15) is 18.0 Å². The number of methoxy groups -OCH3 is 1. The molecule has 96 valence electrons. The van der Waals surface area contributed by atoms with Crippen LogP contribution in [0.2, 0.25) is 0 Å². The number of nitrogens with zero attached hydrogens (tertiary/aromatic N) is 2. The van der Waals surface area contributed by atoms with E-state index in [1.807, 2.05) is 0 Å². The minimum Gasteiger partial charge on any atom is -0.497 e. The maximum atomic E-state index is 12.8. The van der Waals surface area contributed by atoms with Gasteiger partial charge in [0.25, 0.3) is 0 Å². The zero-order valence-electron chi connectivity index (χ0n) is 9.02. The Hall–Kier alpha value is -2.25. The summed E-state index contributed by atoms with van der Waals surface area (Å²) < 4.78 is 43.6. The minimum atomic E-state index is -4.66. The normalized spacial score (nSPS) is 11.8. The molecule has 8 heteroatoms. The third-order valence-electron chi connectivity index (χ3n) is 2.35. The van der Waals surface area contributed by atoms with Gasteiger partial charge in [0, 0.05) is 12.1 Å². The Bertz CT molecular complexity index is 619. The van der Waals surface area contributed by atoms with Crippen molar-refractivity contribution in [2.75, 3.05) is 7.11 Å². The van der Waals surface area contributed by atoms with Crippen LogP contribution >= 0.6 is 0 Å². The van der Waals surface area contributed by atoms with Crippen LogP contribution in [0.25, 0.3) is 5.52 Å². The summed E-state index contributed by atoms with van der Waals surface area (Å²) in [6.07, 6.45) is -3.79. The van der Waals surface area contributed by atoms with Crippen LogP contribution in [-0.2, 0) is 6.18 Å². The number of fused-ring (bicyclic) bond motifs is 1. The average Bonchev–Trinajstić information content (AvgIpc) is 2.69. The quantitative estimate of drug-likeness (QED) is 0.897. The monoisotopic (exact) mass is 260 g/mol. The summed E-state index contributed by atoms with van der Waals surface area (Å²) in [6.45, 7) is 0. The Kier molecular flexibility index (Phi) is 2.64. The Balaban J connectivity index is 2.83. The van der Waals surface area contributed by atoms with Crippen molar-refractivity contribution < 1.29 is 27.8 Å². The number of hydrogen-bond donors (Lipinski definition) is 1. The maximum absolute atomic E-state index is 12.8. The van der Waals surface area contributed by atoms with Crippen LogP contribution < -0.4 is 4.74 Å². The van der Waals surface area contributed by atoms with Crippen molar-refractivity contribution in [3.63, 3.8) is 0 Å². The number of hydrogen-bond acceptors (Lipinski definition) is 3. The number of carboxylic acids is 1. The highest BCUT2D eigenvalue weighted by atomic mass is 19.4. The van der Waals surface area contributed by atoms with Crippen LogP contribution in [0.5, 0.6) is 5.75 Å². The van der Waals surface area contributed by atoms with Gasteiger partial charge in [-0.1, -0.05) is 0 Å². The van der Waals surface area contributed by atoms with Gasteiger partial charge in [0.05, 0.1) is 18.8 Å². The highest BCUT2D eigenvalue weighted by Crippen LogP contribution is 2.33. The summed E-state index contributed by atoms with van der Waals surface area (Å²) in [4.78, 5) is 10.9. The number of alkyl halides is 3. The second-order valence-electron chi connectivity index (χ2n) is 3.44. The van der Waals surface area contributed by atoms with E-state index in [1.165, 1.54) is 13.2 Å². The number of rotatable bonds is 2. The minimum absolute atomic E-state index is 0.0853. The molecule has 2 aromatic rings. The largest absolute Gasteiger partial charge is 0.497 e. The van der Waals surface area contributed by atoms with Crippen LogP contribution in [0.1, 0.15) is 16.1 Å². The fourth-order valence-electron chi connectivity index (χ4n) is 1.55. The lowest BCUT2D eigenvalue weighted by molar-refractivity contribution is -0.142. The van der Waals surface area contributed by atoms with E-state index in [2.05, 4.69) is 5.10 Å². The van der Waals surface area contributed by atoms with Crippen LogP contribution in [0.4, 0.5) is 13.2 Å². The number of carboxylic acid groups (broad SMARTS) is 1. The van der Waals surface area contributed by atoms with Crippen LogP contribution in [0, 0.1) is 0 Å². The van der Waals surface area contributed by atoms with E-state index in [0.717, 1.165) is 12.3 Å². The van der Waals surface area contributed by atoms with E-state index >= 15 is 0 Å². The first-order valence-electron chi connectivity index (χ1n) is 4.71. The highest BCUT2D eigenvalue weighted by molar-refractivity contribution is 5.95. The highest BCUT2D eigenvalue weighted by Gasteiger charge is 2.35. The smallest absolute Gasteiger partial charge is 0.433 e. The van der Waals surface area contributed by atoms with Gasteiger partial charge in [0.15, 0.2) is 0 Å². The van der Waals surface area contributed by atoms with E-state index in [1.54, 1.807) is 0 Å². The van der Waals surface area contributed by atoms with Gasteiger partial charge in [-0.2, -0.15) is 18.3 Å². The molecule has 0 atom stereocenters. The second-order valence-corrected chi connectivity index (χ2v) is 3.44. The molecular weight excluding hydrogens is 253 g/mol. The van der Waals surface area contributed by atoms with E-state index in [-0.39, 0.29) is 16.8 Å². The van der Waals surface area contributed by atoms with Crippen molar-refractivity contribution in [2.24, 2.45) is 0 Å². The molecule has 0 fully saturated rings. The lowest BCUT2D eigenvalue weighted by atomic mass is 10.2. The maximum Gasteiger partial charge on any atom is 0.433 e. The molecule has 2 rings (SSSR count). The Morgan fingerprint density at radius 1 is 1.44 bits per heavy atom. The molecule has 2 heterocycles. The zero-order chi connectivity index (χ0) is 13.5. The summed E-state index contributed by atoms with van der Waals surface area (Å²) in [7, 11) is 1.20. The van der Waals surface area contributed by atoms with Gasteiger partial charge >= 0.3 is 12.1 Å². The molecule has 0 spiro atoms. The molecule has 0 aliphatic rings. The molecule has 5 nitrogen and oxygen atoms in total. The summed E-state index contributed by atoms with van der Waals surface area (Å²) in [5.41, 5.74) is -1.59. The standard InChI is InChI=1S/C10H7F3N2O3/c1-18-5-2-7-6(9(16)17)4-14-15(7)8(3-5)10(11,12)13/h2-4H,1H3,(H,16,17). The number of aromatic carboxylic acids is 1. The predicted molar refractivity (Wildman–Crippen MR) is 53.7 cm³/mol. The van der Waals surface area contributed by atoms with Crippen molar-refractivity contribution in [1.82, 2.24) is 9.61 Å². The van der Waals surface area contributed by atoms with Crippen molar-refractivity contribution in [3.05, 3.63) is 29.6 Å². The van der Waals surface area contributed by atoms with Gasteiger partial charge in [0.2, 0.25) is 0 Å². The molecule has 0 amide bonds. The molecule has 0 aliphatic heterocycles. The van der Waals surface area contributed by atoms with Gasteiger partial charge in [-0.25, -0.2) is 9.31 Å². The number of aromatic nitrogens is 2. The molecule has 0 radical (unpaired) electrons. The lowest BCUT2D eigenvalue weighted by Crippen LogP contribution is -2.13. The topological polar surface area (TPSA) is 63.8 Å². The second kappa shape index (κ2) is 3.90. The average molecular weight is 260 g/mol. The van der Waals surface area contributed by atoms with Gasteiger partial charge < -0.3 is 9.84 Å². The number of carbonyl (C=O) groups is 1. The van der Waals surface area contributed by atoms with Gasteiger partial charge in [-0.15, -0.1) is 0 Å². The molecule has 0 aromatic carbocycles. The molecule has 0 bridgehead atoms. The Morgan fingerprint density at radius 2 is 2.11 bits per heavy atom. The lowest BCUT2D eigenvalue weighted by Gasteiger charge is -2.11. The third-order valence-corrected chi connectivity index (χ3v) is 2.35. The van der Waals surface area contributed by atoms with E-state index in [0.29, 0.717) is 4.52 Å². The van der Waals surface area contributed by atoms with Crippen molar-refractivity contribution in [1.29, 1.82) is 0 Å². The van der Waals surface area contributed by atoms with Crippen molar-refractivity contribution in [3.8, 4) is 5.75 Å². The number of halogens is 3. The number of pyridine rings is 1. The Morgan fingerprint density at radius 3 is 2.61 bits per heavy atom. The van der Waals surface area contributed by atoms with Crippen molar-refractivity contribution >= 4 is 11.5 Å². The molecule has 0 unspecified atom stereocenters. The van der Waals surface area contributed by atoms with Crippen molar-refractivity contribution in [2.45, 2.75) is 6.18 Å². The first kappa shape index (κ1) is 12.2. The molecule has 1 N–H and O–H groups in total. The third kappa shape index (κ3) is 1.85. The summed E-state index contributed by atoms with van der Waals surface area (Å²) in [5, 5.41) is 12.3. The first-order chi connectivity index (χ1) is 8.34. The summed E-state index contributed by atoms with van der Waals surface area (Å²) in [6, 6.07) is 1.94. The zero-order valence-corrected chi connectivity index (χ0v) is 9.02. The fraction of sp³-hybridized carbons (Fsp3) is 0.200. The fourth-order valence-corrected chi connectivity index (χ4v) is 1.55. The SMILES string of the molecule is COc1cc(C(F)(F)F)n2ncc(C(=O)O)c2c1.